The molecule has 1 amide bonds. The number of rotatable bonds is 9. The van der Waals surface area contributed by atoms with E-state index in [1.165, 1.54) is 12.1 Å². The maximum Gasteiger partial charge on any atom is 0.269 e. The average Bonchev–Trinajstić information content (AvgIpc) is 2.67. The van der Waals surface area contributed by atoms with E-state index in [-0.39, 0.29) is 23.6 Å². The maximum atomic E-state index is 12.2. The van der Waals surface area contributed by atoms with E-state index in [0.717, 1.165) is 30.4 Å². The number of amides is 1. The van der Waals surface area contributed by atoms with E-state index in [0.29, 0.717) is 6.54 Å². The summed E-state index contributed by atoms with van der Waals surface area (Å²) >= 11 is 0. The van der Waals surface area contributed by atoms with Crippen LogP contribution in [-0.4, -0.2) is 17.4 Å². The molecule has 0 aromatic heterocycles. The zero-order chi connectivity index (χ0) is 18.9. The lowest BCUT2D eigenvalue weighted by Crippen LogP contribution is -2.36. The van der Waals surface area contributed by atoms with Crippen molar-refractivity contribution < 1.29 is 9.72 Å². The minimum atomic E-state index is -0.402. The molecule has 6 heteroatoms. The van der Waals surface area contributed by atoms with Crippen LogP contribution in [-0.2, 0) is 11.2 Å². The minimum Gasteiger partial charge on any atom is -0.356 e. The molecule has 0 aliphatic heterocycles. The third-order valence-electron chi connectivity index (χ3n) is 4.48. The normalized spacial score (nSPS) is 13.0. The Kier molecular flexibility index (Phi) is 7.29. The van der Waals surface area contributed by atoms with Gasteiger partial charge in [-0.1, -0.05) is 49.4 Å². The summed E-state index contributed by atoms with van der Waals surface area (Å²) in [6.45, 7) is 2.43. The van der Waals surface area contributed by atoms with Crippen molar-refractivity contribution in [3.05, 3.63) is 75.8 Å². The standard InChI is InChI=1S/C20H25N3O3/c1-15(19(21)17-8-3-2-4-9-17)20(24)22-14-6-5-7-16-10-12-18(13-11-16)23(25)26/h2-4,8-13,15,19H,5-7,14,21H2,1H3,(H,22,24). The van der Waals surface area contributed by atoms with Crippen molar-refractivity contribution in [1.82, 2.24) is 5.32 Å². The molecule has 0 spiro atoms. The van der Waals surface area contributed by atoms with E-state index in [4.69, 9.17) is 5.73 Å². The van der Waals surface area contributed by atoms with Gasteiger partial charge in [-0.3, -0.25) is 14.9 Å². The molecule has 0 heterocycles. The molecule has 2 aromatic rings. The summed E-state index contributed by atoms with van der Waals surface area (Å²) in [5.74, 6) is -0.344. The summed E-state index contributed by atoms with van der Waals surface area (Å²) < 4.78 is 0. The Morgan fingerprint density at radius 2 is 1.77 bits per heavy atom. The Morgan fingerprint density at radius 3 is 2.38 bits per heavy atom. The van der Waals surface area contributed by atoms with E-state index in [1.54, 1.807) is 12.1 Å². The van der Waals surface area contributed by atoms with Gasteiger partial charge in [0.15, 0.2) is 0 Å². The zero-order valence-corrected chi connectivity index (χ0v) is 14.9. The molecule has 0 aliphatic carbocycles. The molecular weight excluding hydrogens is 330 g/mol. The van der Waals surface area contributed by atoms with Gasteiger partial charge in [-0.2, -0.15) is 0 Å². The van der Waals surface area contributed by atoms with Gasteiger partial charge in [0, 0.05) is 24.7 Å². The molecule has 2 unspecified atom stereocenters. The van der Waals surface area contributed by atoms with Crippen LogP contribution < -0.4 is 11.1 Å². The highest BCUT2D eigenvalue weighted by Crippen LogP contribution is 2.19. The summed E-state index contributed by atoms with van der Waals surface area (Å²) in [6.07, 6.45) is 2.57. The van der Waals surface area contributed by atoms with E-state index in [9.17, 15) is 14.9 Å². The lowest BCUT2D eigenvalue weighted by molar-refractivity contribution is -0.384. The minimum absolute atomic E-state index is 0.0447. The third kappa shape index (κ3) is 5.67. The van der Waals surface area contributed by atoms with Gasteiger partial charge in [0.05, 0.1) is 10.8 Å². The first-order valence-corrected chi connectivity index (χ1v) is 8.80. The highest BCUT2D eigenvalue weighted by Gasteiger charge is 2.21. The van der Waals surface area contributed by atoms with Crippen molar-refractivity contribution in [1.29, 1.82) is 0 Å². The number of nitro groups is 1. The van der Waals surface area contributed by atoms with Crippen molar-refractivity contribution in [3.63, 3.8) is 0 Å². The van der Waals surface area contributed by atoms with Crippen LogP contribution in [0.25, 0.3) is 0 Å². The van der Waals surface area contributed by atoms with Crippen molar-refractivity contribution in [2.45, 2.75) is 32.2 Å². The fourth-order valence-electron chi connectivity index (χ4n) is 2.74. The van der Waals surface area contributed by atoms with Gasteiger partial charge >= 0.3 is 0 Å². The number of benzene rings is 2. The summed E-state index contributed by atoms with van der Waals surface area (Å²) in [4.78, 5) is 22.5. The molecule has 138 valence electrons. The smallest absolute Gasteiger partial charge is 0.269 e. The first-order valence-electron chi connectivity index (χ1n) is 8.80. The second-order valence-electron chi connectivity index (χ2n) is 6.40. The number of nitrogens with one attached hydrogen (secondary N) is 1. The average molecular weight is 355 g/mol. The SMILES string of the molecule is CC(C(=O)NCCCCc1ccc([N+](=O)[O-])cc1)C(N)c1ccccc1. The summed E-state index contributed by atoms with van der Waals surface area (Å²) in [5.41, 5.74) is 8.28. The number of non-ortho nitro benzene ring substituents is 1. The predicted molar refractivity (Wildman–Crippen MR) is 102 cm³/mol. The van der Waals surface area contributed by atoms with E-state index < -0.39 is 4.92 Å². The molecule has 6 nitrogen and oxygen atoms in total. The highest BCUT2D eigenvalue weighted by atomic mass is 16.6. The molecule has 0 saturated heterocycles. The van der Waals surface area contributed by atoms with Gasteiger partial charge in [-0.15, -0.1) is 0 Å². The predicted octanol–water partition coefficient (Wildman–Crippen LogP) is 3.37. The van der Waals surface area contributed by atoms with E-state index in [2.05, 4.69) is 5.32 Å². The second-order valence-corrected chi connectivity index (χ2v) is 6.40. The van der Waals surface area contributed by atoms with Crippen LogP contribution in [0.15, 0.2) is 54.6 Å². The Bertz CT molecular complexity index is 717. The number of nitro benzene ring substituents is 1. The molecule has 2 rings (SSSR count). The van der Waals surface area contributed by atoms with Crippen LogP contribution in [0.5, 0.6) is 0 Å². The first kappa shape index (κ1) is 19.6. The number of hydrogen-bond acceptors (Lipinski definition) is 4. The fourth-order valence-corrected chi connectivity index (χ4v) is 2.74. The molecule has 0 bridgehead atoms. The molecule has 0 aliphatic rings. The summed E-state index contributed by atoms with van der Waals surface area (Å²) in [6, 6.07) is 15.9. The number of hydrogen-bond donors (Lipinski definition) is 2. The quantitative estimate of drug-likeness (QED) is 0.409. The van der Waals surface area contributed by atoms with Crippen molar-refractivity contribution >= 4 is 11.6 Å². The summed E-state index contributed by atoms with van der Waals surface area (Å²) in [7, 11) is 0. The number of aryl methyl sites for hydroxylation is 1. The van der Waals surface area contributed by atoms with Gasteiger partial charge in [0.25, 0.3) is 5.69 Å². The van der Waals surface area contributed by atoms with Crippen molar-refractivity contribution in [3.8, 4) is 0 Å². The molecule has 26 heavy (non-hydrogen) atoms. The molecule has 2 atom stereocenters. The second kappa shape index (κ2) is 9.68. The first-order chi connectivity index (χ1) is 12.5. The summed E-state index contributed by atoms with van der Waals surface area (Å²) in [5, 5.41) is 13.6. The molecule has 2 aromatic carbocycles. The Morgan fingerprint density at radius 1 is 1.12 bits per heavy atom. The van der Waals surface area contributed by atoms with Gasteiger partial charge in [-0.25, -0.2) is 0 Å². The number of carbonyl (C=O) groups is 1. The molecule has 3 N–H and O–H groups in total. The number of nitrogens with zero attached hydrogens (tertiary/aromatic N) is 1. The molecule has 0 fully saturated rings. The van der Waals surface area contributed by atoms with Crippen molar-refractivity contribution in [2.24, 2.45) is 11.7 Å². The van der Waals surface area contributed by atoms with Gasteiger partial charge in [0.2, 0.25) is 5.91 Å². The lowest BCUT2D eigenvalue weighted by Gasteiger charge is -2.19. The van der Waals surface area contributed by atoms with E-state index >= 15 is 0 Å². The van der Waals surface area contributed by atoms with Gasteiger partial charge in [0.1, 0.15) is 0 Å². The maximum absolute atomic E-state index is 12.2. The van der Waals surface area contributed by atoms with Gasteiger partial charge < -0.3 is 11.1 Å². The molecular formula is C20H25N3O3. The lowest BCUT2D eigenvalue weighted by atomic mass is 9.94. The van der Waals surface area contributed by atoms with Crippen LogP contribution in [0, 0.1) is 16.0 Å². The van der Waals surface area contributed by atoms with Crippen LogP contribution >= 0.6 is 0 Å². The molecule has 0 saturated carbocycles. The topological polar surface area (TPSA) is 98.3 Å². The van der Waals surface area contributed by atoms with Crippen LogP contribution in [0.2, 0.25) is 0 Å². The highest BCUT2D eigenvalue weighted by molar-refractivity contribution is 5.79. The number of carbonyl (C=O) groups excluding carboxylic acids is 1. The monoisotopic (exact) mass is 355 g/mol. The Hall–Kier alpha value is -2.73. The van der Waals surface area contributed by atoms with Crippen molar-refractivity contribution in [2.75, 3.05) is 6.54 Å². The zero-order valence-electron chi connectivity index (χ0n) is 14.9. The Labute approximate surface area is 153 Å². The number of nitrogens with two attached hydrogens (primary N) is 1. The van der Waals surface area contributed by atoms with Crippen LogP contribution in [0.4, 0.5) is 5.69 Å². The van der Waals surface area contributed by atoms with Crippen LogP contribution in [0.3, 0.4) is 0 Å². The number of unbranched alkanes of at least 4 members (excludes halogenated alkanes) is 1. The third-order valence-corrected chi connectivity index (χ3v) is 4.48. The van der Waals surface area contributed by atoms with Crippen LogP contribution in [0.1, 0.15) is 36.9 Å². The molecule has 0 radical (unpaired) electrons. The van der Waals surface area contributed by atoms with Gasteiger partial charge in [-0.05, 0) is 30.4 Å². The largest absolute Gasteiger partial charge is 0.356 e. The van der Waals surface area contributed by atoms with E-state index in [1.807, 2.05) is 37.3 Å². The fraction of sp³-hybridized carbons (Fsp3) is 0.350. The Balaban J connectivity index is 1.69.